The number of rotatable bonds is 6. The van der Waals surface area contributed by atoms with Gasteiger partial charge in [-0.05, 0) is 56.1 Å². The molecule has 3 nitrogen and oxygen atoms in total. The third kappa shape index (κ3) is 3.42. The Hall–Kier alpha value is -1.91. The zero-order valence-electron chi connectivity index (χ0n) is 14.7. The molecule has 1 aromatic rings. The lowest BCUT2D eigenvalue weighted by Gasteiger charge is -2.19. The fourth-order valence-corrected chi connectivity index (χ4v) is 4.29. The van der Waals surface area contributed by atoms with E-state index >= 15 is 0 Å². The van der Waals surface area contributed by atoms with Crippen molar-refractivity contribution in [2.24, 2.45) is 17.8 Å². The van der Waals surface area contributed by atoms with E-state index in [2.05, 4.69) is 6.92 Å². The first-order chi connectivity index (χ1) is 12.1. The Morgan fingerprint density at radius 2 is 1.88 bits per heavy atom. The number of ether oxygens (including phenoxy) is 2. The molecule has 3 atom stereocenters. The van der Waals surface area contributed by atoms with Gasteiger partial charge in [0.2, 0.25) is 11.6 Å². The van der Waals surface area contributed by atoms with Gasteiger partial charge in [0, 0.05) is 5.57 Å². The van der Waals surface area contributed by atoms with Gasteiger partial charge in [-0.15, -0.1) is 0 Å². The second-order valence-electron chi connectivity index (χ2n) is 6.80. The molecule has 0 heterocycles. The molecule has 0 N–H and O–H groups in total. The molecule has 3 unspecified atom stereocenters. The van der Waals surface area contributed by atoms with Crippen LogP contribution in [0.1, 0.15) is 46.0 Å². The van der Waals surface area contributed by atoms with E-state index in [1.807, 2.05) is 6.08 Å². The molecule has 0 saturated heterocycles. The van der Waals surface area contributed by atoms with Crippen LogP contribution in [-0.4, -0.2) is 12.6 Å². The summed E-state index contributed by atoms with van der Waals surface area (Å²) in [5, 5.41) is 0. The molecular formula is C20H24F2O3. The average molecular weight is 350 g/mol. The molecule has 136 valence electrons. The van der Waals surface area contributed by atoms with Gasteiger partial charge in [0.05, 0.1) is 6.61 Å². The van der Waals surface area contributed by atoms with Crippen LogP contribution in [-0.2, 0) is 4.79 Å². The lowest BCUT2D eigenvalue weighted by atomic mass is 9.87. The largest absolute Gasteiger partial charge is 0.491 e. The summed E-state index contributed by atoms with van der Waals surface area (Å²) in [5.74, 6) is -2.12. The van der Waals surface area contributed by atoms with E-state index in [4.69, 9.17) is 9.47 Å². The number of carbonyl (C=O) groups is 1. The van der Waals surface area contributed by atoms with Crippen LogP contribution < -0.4 is 9.47 Å². The molecule has 1 saturated carbocycles. The maximum Gasteiger partial charge on any atom is 0.339 e. The van der Waals surface area contributed by atoms with E-state index < -0.39 is 23.4 Å². The Bertz CT molecular complexity index is 684. The summed E-state index contributed by atoms with van der Waals surface area (Å²) < 4.78 is 38.2. The fourth-order valence-electron chi connectivity index (χ4n) is 4.29. The summed E-state index contributed by atoms with van der Waals surface area (Å²) in [6.45, 7) is 4.08. The van der Waals surface area contributed by atoms with Crippen LogP contribution in [0.2, 0.25) is 0 Å². The van der Waals surface area contributed by atoms with E-state index in [0.29, 0.717) is 17.4 Å². The number of carbonyl (C=O) groups excluding carboxylic acids is 1. The molecule has 0 bridgehead atoms. The van der Waals surface area contributed by atoms with E-state index in [0.717, 1.165) is 25.7 Å². The zero-order chi connectivity index (χ0) is 18.0. The first kappa shape index (κ1) is 17.9. The van der Waals surface area contributed by atoms with Gasteiger partial charge in [0.1, 0.15) is 0 Å². The normalized spacial score (nSPS) is 24.8. The third-order valence-electron chi connectivity index (χ3n) is 5.39. The first-order valence-electron chi connectivity index (χ1n) is 9.09. The number of esters is 1. The van der Waals surface area contributed by atoms with Crippen LogP contribution in [0.15, 0.2) is 23.8 Å². The molecule has 0 spiro atoms. The van der Waals surface area contributed by atoms with Crippen molar-refractivity contribution in [3.05, 3.63) is 35.4 Å². The number of fused-ring (bicyclic) bond motifs is 1. The maximum atomic E-state index is 14.1. The highest BCUT2D eigenvalue weighted by Crippen LogP contribution is 2.49. The average Bonchev–Trinajstić information content (AvgIpc) is 3.18. The first-order valence-corrected chi connectivity index (χ1v) is 9.09. The van der Waals surface area contributed by atoms with Crippen molar-refractivity contribution in [2.45, 2.75) is 46.0 Å². The molecule has 3 rings (SSSR count). The van der Waals surface area contributed by atoms with Crippen LogP contribution in [0.3, 0.4) is 0 Å². The van der Waals surface area contributed by atoms with E-state index in [1.165, 1.54) is 18.6 Å². The molecular weight excluding hydrogens is 326 g/mol. The van der Waals surface area contributed by atoms with Gasteiger partial charge in [-0.25, -0.2) is 4.79 Å². The van der Waals surface area contributed by atoms with Gasteiger partial charge in [-0.2, -0.15) is 8.78 Å². The minimum Gasteiger partial charge on any atom is -0.491 e. The monoisotopic (exact) mass is 350 g/mol. The summed E-state index contributed by atoms with van der Waals surface area (Å²) in [5.41, 5.74) is 0.622. The van der Waals surface area contributed by atoms with Crippen LogP contribution in [0.4, 0.5) is 8.78 Å². The Morgan fingerprint density at radius 1 is 1.16 bits per heavy atom. The second kappa shape index (κ2) is 7.54. The number of benzene rings is 1. The van der Waals surface area contributed by atoms with E-state index in [9.17, 15) is 13.6 Å². The van der Waals surface area contributed by atoms with Crippen LogP contribution in [0.5, 0.6) is 11.5 Å². The maximum absolute atomic E-state index is 14.1. The molecule has 0 amide bonds. The topological polar surface area (TPSA) is 35.5 Å². The third-order valence-corrected chi connectivity index (χ3v) is 5.39. The quantitative estimate of drug-likeness (QED) is 0.532. The number of allylic oxidation sites excluding steroid dienone is 1. The van der Waals surface area contributed by atoms with Gasteiger partial charge in [-0.3, -0.25) is 0 Å². The van der Waals surface area contributed by atoms with Gasteiger partial charge >= 0.3 is 5.97 Å². The predicted molar refractivity (Wildman–Crippen MR) is 90.5 cm³/mol. The minimum atomic E-state index is -1.19. The van der Waals surface area contributed by atoms with Crippen molar-refractivity contribution in [3.63, 3.8) is 0 Å². The Balaban J connectivity index is 1.70. The smallest absolute Gasteiger partial charge is 0.339 e. The van der Waals surface area contributed by atoms with Crippen molar-refractivity contribution in [1.29, 1.82) is 0 Å². The summed E-state index contributed by atoms with van der Waals surface area (Å²) in [7, 11) is 0. The minimum absolute atomic E-state index is 0.182. The molecule has 5 heteroatoms. The van der Waals surface area contributed by atoms with Crippen LogP contribution in [0, 0.1) is 29.4 Å². The SMILES string of the molecule is CCCC1CCC2C(C(=O)Oc3ccc(OCC)c(F)c3F)=CCC12. The highest BCUT2D eigenvalue weighted by atomic mass is 19.2. The summed E-state index contributed by atoms with van der Waals surface area (Å²) in [4.78, 5) is 12.5. The van der Waals surface area contributed by atoms with Crippen molar-refractivity contribution in [2.75, 3.05) is 6.61 Å². The molecule has 2 aliphatic carbocycles. The van der Waals surface area contributed by atoms with Crippen LogP contribution >= 0.6 is 0 Å². The molecule has 2 aliphatic rings. The summed E-state index contributed by atoms with van der Waals surface area (Å²) in [6, 6.07) is 2.52. The highest BCUT2D eigenvalue weighted by molar-refractivity contribution is 5.91. The summed E-state index contributed by atoms with van der Waals surface area (Å²) >= 11 is 0. The number of hydrogen-bond acceptors (Lipinski definition) is 3. The van der Waals surface area contributed by atoms with Crippen molar-refractivity contribution in [3.8, 4) is 11.5 Å². The molecule has 0 radical (unpaired) electrons. The van der Waals surface area contributed by atoms with Gasteiger partial charge in [0.25, 0.3) is 0 Å². The van der Waals surface area contributed by atoms with Crippen molar-refractivity contribution < 1.29 is 23.0 Å². The highest BCUT2D eigenvalue weighted by Gasteiger charge is 2.42. The van der Waals surface area contributed by atoms with Crippen LogP contribution in [0.25, 0.3) is 0 Å². The van der Waals surface area contributed by atoms with E-state index in [-0.39, 0.29) is 18.3 Å². The van der Waals surface area contributed by atoms with Gasteiger partial charge in [-0.1, -0.05) is 25.8 Å². The molecule has 0 aromatic heterocycles. The number of halogens is 2. The Labute approximate surface area is 147 Å². The predicted octanol–water partition coefficient (Wildman–Crippen LogP) is 5.04. The lowest BCUT2D eigenvalue weighted by molar-refractivity contribution is -0.131. The lowest BCUT2D eigenvalue weighted by Crippen LogP contribution is -2.19. The number of hydrogen-bond donors (Lipinski definition) is 0. The molecule has 0 aliphatic heterocycles. The van der Waals surface area contributed by atoms with Crippen molar-refractivity contribution >= 4 is 5.97 Å². The van der Waals surface area contributed by atoms with Gasteiger partial charge < -0.3 is 9.47 Å². The Kier molecular flexibility index (Phi) is 5.40. The van der Waals surface area contributed by atoms with Gasteiger partial charge in [0.15, 0.2) is 11.5 Å². The van der Waals surface area contributed by atoms with Crippen molar-refractivity contribution in [1.82, 2.24) is 0 Å². The molecule has 25 heavy (non-hydrogen) atoms. The second-order valence-corrected chi connectivity index (χ2v) is 6.80. The molecule has 1 fully saturated rings. The van der Waals surface area contributed by atoms with E-state index in [1.54, 1.807) is 6.92 Å². The molecule has 1 aromatic carbocycles. The summed E-state index contributed by atoms with van der Waals surface area (Å²) in [6.07, 6.45) is 7.21. The standard InChI is InChI=1S/C20H24F2O3/c1-3-5-12-6-7-14-13(12)8-9-15(14)20(23)25-17-11-10-16(24-4-2)18(21)19(17)22/h9-14H,3-8H2,1-2H3. The Morgan fingerprint density at radius 3 is 2.60 bits per heavy atom. The fraction of sp³-hybridized carbons (Fsp3) is 0.550. The zero-order valence-corrected chi connectivity index (χ0v) is 14.7.